The molecule has 2 aromatic rings. The Hall–Kier alpha value is -3.09. The number of amides is 2. The number of furan rings is 1. The molecule has 130 valence electrons. The average Bonchev–Trinajstić information content (AvgIpc) is 3.15. The molecule has 25 heavy (non-hydrogen) atoms. The van der Waals surface area contributed by atoms with Crippen LogP contribution in [-0.4, -0.2) is 29.4 Å². The van der Waals surface area contributed by atoms with Crippen molar-refractivity contribution < 1.29 is 23.9 Å². The number of benzene rings is 1. The number of nitrogens with zero attached hydrogens (tertiary/aromatic N) is 1. The van der Waals surface area contributed by atoms with E-state index in [0.29, 0.717) is 23.6 Å². The first kappa shape index (κ1) is 16.8. The average molecular weight is 342 g/mol. The van der Waals surface area contributed by atoms with Gasteiger partial charge in [0.15, 0.2) is 0 Å². The number of carbonyl (C=O) groups excluding carboxylic acids is 2. The quantitative estimate of drug-likeness (QED) is 0.886. The Bertz CT molecular complexity index is 868. The standard InChI is InChI=1S/C18H18N2O5/c1-10-15(18(23)24)8-14(25-10)9-19-17(22)13-3-4-16-12(7-13)5-6-20(16)11(2)21/h3-4,7-8H,5-6,9H2,1-2H3,(H,19,22)(H,23,24). The number of carbonyl (C=O) groups is 3. The summed E-state index contributed by atoms with van der Waals surface area (Å²) in [5.74, 6) is -0.674. The number of hydrogen-bond donors (Lipinski definition) is 2. The van der Waals surface area contributed by atoms with E-state index in [0.717, 1.165) is 17.7 Å². The number of aryl methyl sites for hydroxylation is 1. The summed E-state index contributed by atoms with van der Waals surface area (Å²) < 4.78 is 5.34. The largest absolute Gasteiger partial charge is 0.478 e. The zero-order chi connectivity index (χ0) is 18.1. The van der Waals surface area contributed by atoms with Gasteiger partial charge in [0.25, 0.3) is 5.91 Å². The van der Waals surface area contributed by atoms with Crippen molar-refractivity contribution >= 4 is 23.5 Å². The van der Waals surface area contributed by atoms with Crippen molar-refractivity contribution in [3.05, 3.63) is 52.5 Å². The fourth-order valence-corrected chi connectivity index (χ4v) is 2.98. The maximum atomic E-state index is 12.3. The van der Waals surface area contributed by atoms with Gasteiger partial charge in [-0.15, -0.1) is 0 Å². The molecular formula is C18H18N2O5. The first-order valence-corrected chi connectivity index (χ1v) is 7.88. The van der Waals surface area contributed by atoms with Gasteiger partial charge in [-0.2, -0.15) is 0 Å². The molecule has 0 fully saturated rings. The Morgan fingerprint density at radius 2 is 2.04 bits per heavy atom. The highest BCUT2D eigenvalue weighted by molar-refractivity contribution is 5.97. The lowest BCUT2D eigenvalue weighted by atomic mass is 10.1. The third-order valence-electron chi connectivity index (χ3n) is 4.24. The summed E-state index contributed by atoms with van der Waals surface area (Å²) in [6.07, 6.45) is 0.718. The molecule has 0 aliphatic carbocycles. The third kappa shape index (κ3) is 3.26. The molecule has 1 aromatic heterocycles. The summed E-state index contributed by atoms with van der Waals surface area (Å²) in [6.45, 7) is 3.81. The molecule has 0 spiro atoms. The van der Waals surface area contributed by atoms with Crippen LogP contribution in [0.4, 0.5) is 5.69 Å². The minimum Gasteiger partial charge on any atom is -0.478 e. The number of fused-ring (bicyclic) bond motifs is 1. The van der Waals surface area contributed by atoms with Crippen LogP contribution in [0.3, 0.4) is 0 Å². The van der Waals surface area contributed by atoms with Gasteiger partial charge in [-0.05, 0) is 43.2 Å². The summed E-state index contributed by atoms with van der Waals surface area (Å²) in [5, 5.41) is 11.7. The summed E-state index contributed by atoms with van der Waals surface area (Å²) in [5.41, 5.74) is 2.39. The normalized spacial score (nSPS) is 12.8. The van der Waals surface area contributed by atoms with Gasteiger partial charge in [-0.1, -0.05) is 0 Å². The van der Waals surface area contributed by atoms with E-state index in [1.54, 1.807) is 30.0 Å². The molecule has 0 unspecified atom stereocenters. The number of anilines is 1. The topological polar surface area (TPSA) is 99.9 Å². The number of carboxylic acid groups (broad SMARTS) is 1. The molecule has 1 aromatic carbocycles. The Morgan fingerprint density at radius 3 is 2.68 bits per heavy atom. The highest BCUT2D eigenvalue weighted by Gasteiger charge is 2.23. The second-order valence-electron chi connectivity index (χ2n) is 5.93. The Labute approximate surface area is 144 Å². The van der Waals surface area contributed by atoms with Crippen LogP contribution in [0.15, 0.2) is 28.7 Å². The van der Waals surface area contributed by atoms with Crippen molar-refractivity contribution in [2.75, 3.05) is 11.4 Å². The maximum absolute atomic E-state index is 12.3. The minimum absolute atomic E-state index is 0.0154. The number of rotatable bonds is 4. The second-order valence-corrected chi connectivity index (χ2v) is 5.93. The highest BCUT2D eigenvalue weighted by Crippen LogP contribution is 2.28. The summed E-state index contributed by atoms with van der Waals surface area (Å²) in [4.78, 5) is 36.6. The van der Waals surface area contributed by atoms with Crippen molar-refractivity contribution in [2.24, 2.45) is 0 Å². The molecular weight excluding hydrogens is 324 g/mol. The van der Waals surface area contributed by atoms with E-state index < -0.39 is 5.97 Å². The predicted octanol–water partition coefficient (Wildman–Crippen LogP) is 2.13. The summed E-state index contributed by atoms with van der Waals surface area (Å²) in [6, 6.07) is 6.64. The zero-order valence-electron chi connectivity index (χ0n) is 14.0. The van der Waals surface area contributed by atoms with Crippen LogP contribution in [-0.2, 0) is 17.8 Å². The van der Waals surface area contributed by atoms with E-state index in [1.807, 2.05) is 0 Å². The zero-order valence-corrected chi connectivity index (χ0v) is 14.0. The van der Waals surface area contributed by atoms with Crippen LogP contribution in [0.2, 0.25) is 0 Å². The molecule has 0 saturated heterocycles. The van der Waals surface area contributed by atoms with Crippen LogP contribution < -0.4 is 10.2 Å². The first-order valence-electron chi connectivity index (χ1n) is 7.88. The van der Waals surface area contributed by atoms with Crippen molar-refractivity contribution in [1.29, 1.82) is 0 Å². The van der Waals surface area contributed by atoms with Gasteiger partial charge in [0.2, 0.25) is 5.91 Å². The van der Waals surface area contributed by atoms with E-state index in [9.17, 15) is 14.4 Å². The third-order valence-corrected chi connectivity index (χ3v) is 4.24. The van der Waals surface area contributed by atoms with Crippen molar-refractivity contribution in [3.8, 4) is 0 Å². The molecule has 1 aliphatic rings. The van der Waals surface area contributed by atoms with Crippen molar-refractivity contribution in [2.45, 2.75) is 26.8 Å². The van der Waals surface area contributed by atoms with Gasteiger partial charge < -0.3 is 19.7 Å². The second kappa shape index (κ2) is 6.43. The SMILES string of the molecule is CC(=O)N1CCc2cc(C(=O)NCc3cc(C(=O)O)c(C)o3)ccc21. The molecule has 0 atom stereocenters. The molecule has 2 N–H and O–H groups in total. The molecule has 7 heteroatoms. The number of nitrogens with one attached hydrogen (secondary N) is 1. The van der Waals surface area contributed by atoms with Crippen LogP contribution in [0.25, 0.3) is 0 Å². The van der Waals surface area contributed by atoms with Gasteiger partial charge in [0, 0.05) is 24.7 Å². The van der Waals surface area contributed by atoms with Gasteiger partial charge in [-0.25, -0.2) is 4.79 Å². The van der Waals surface area contributed by atoms with Gasteiger partial charge in [0.1, 0.15) is 17.1 Å². The van der Waals surface area contributed by atoms with Gasteiger partial charge >= 0.3 is 5.97 Å². The lowest BCUT2D eigenvalue weighted by Crippen LogP contribution is -2.26. The van der Waals surface area contributed by atoms with E-state index in [1.165, 1.54) is 13.0 Å². The fourth-order valence-electron chi connectivity index (χ4n) is 2.98. The number of hydrogen-bond acceptors (Lipinski definition) is 4. The molecule has 0 saturated carbocycles. The highest BCUT2D eigenvalue weighted by atomic mass is 16.4. The van der Waals surface area contributed by atoms with E-state index in [-0.39, 0.29) is 23.9 Å². The van der Waals surface area contributed by atoms with Gasteiger partial charge in [0.05, 0.1) is 6.54 Å². The molecule has 0 radical (unpaired) electrons. The molecule has 2 amide bonds. The summed E-state index contributed by atoms with van der Waals surface area (Å²) in [7, 11) is 0. The maximum Gasteiger partial charge on any atom is 0.339 e. The molecule has 7 nitrogen and oxygen atoms in total. The van der Waals surface area contributed by atoms with Crippen molar-refractivity contribution in [1.82, 2.24) is 5.32 Å². The smallest absolute Gasteiger partial charge is 0.339 e. The fraction of sp³-hybridized carbons (Fsp3) is 0.278. The number of aromatic carboxylic acids is 1. The minimum atomic E-state index is -1.06. The molecule has 1 aliphatic heterocycles. The Kier molecular flexibility index (Phi) is 4.31. The molecule has 2 heterocycles. The van der Waals surface area contributed by atoms with Crippen LogP contribution in [0.1, 0.15) is 44.7 Å². The van der Waals surface area contributed by atoms with Crippen LogP contribution in [0, 0.1) is 6.92 Å². The summed E-state index contributed by atoms with van der Waals surface area (Å²) >= 11 is 0. The predicted molar refractivity (Wildman–Crippen MR) is 89.7 cm³/mol. The Morgan fingerprint density at radius 1 is 1.28 bits per heavy atom. The van der Waals surface area contributed by atoms with Gasteiger partial charge in [-0.3, -0.25) is 9.59 Å². The van der Waals surface area contributed by atoms with Crippen molar-refractivity contribution in [3.63, 3.8) is 0 Å². The lowest BCUT2D eigenvalue weighted by Gasteiger charge is -2.14. The molecule has 3 rings (SSSR count). The monoisotopic (exact) mass is 342 g/mol. The Balaban J connectivity index is 1.69. The van der Waals surface area contributed by atoms with Crippen LogP contribution >= 0.6 is 0 Å². The number of carboxylic acids is 1. The van der Waals surface area contributed by atoms with Crippen LogP contribution in [0.5, 0.6) is 0 Å². The van der Waals surface area contributed by atoms with E-state index in [4.69, 9.17) is 9.52 Å². The lowest BCUT2D eigenvalue weighted by molar-refractivity contribution is -0.116. The first-order chi connectivity index (χ1) is 11.9. The van der Waals surface area contributed by atoms with E-state index >= 15 is 0 Å². The molecule has 0 bridgehead atoms. The van der Waals surface area contributed by atoms with E-state index in [2.05, 4.69) is 5.32 Å².